The van der Waals surface area contributed by atoms with Crippen LogP contribution in [0.4, 0.5) is 4.79 Å². The first-order chi connectivity index (χ1) is 9.00. The van der Waals surface area contributed by atoms with Crippen LogP contribution in [0.1, 0.15) is 38.5 Å². The van der Waals surface area contributed by atoms with Crippen molar-refractivity contribution in [1.82, 2.24) is 10.2 Å². The van der Waals surface area contributed by atoms with Gasteiger partial charge in [-0.2, -0.15) is 0 Å². The lowest BCUT2D eigenvalue weighted by Crippen LogP contribution is -2.48. The first kappa shape index (κ1) is 15.3. The average molecular weight is 272 g/mol. The number of nitrogens with zero attached hydrogens (tertiary/aromatic N) is 1. The van der Waals surface area contributed by atoms with Crippen LogP contribution >= 0.6 is 0 Å². The van der Waals surface area contributed by atoms with Crippen LogP contribution in [-0.4, -0.2) is 52.2 Å². The fourth-order valence-corrected chi connectivity index (χ4v) is 2.04. The molecular weight excluding hydrogens is 252 g/mol. The summed E-state index contributed by atoms with van der Waals surface area (Å²) < 4.78 is 0. The number of carbonyl (C=O) groups is 3. The van der Waals surface area contributed by atoms with Crippen molar-refractivity contribution in [1.29, 1.82) is 0 Å². The second kappa shape index (κ2) is 7.60. The van der Waals surface area contributed by atoms with Gasteiger partial charge in [0.25, 0.3) is 0 Å². The van der Waals surface area contributed by atoms with Gasteiger partial charge in [-0.25, -0.2) is 9.59 Å². The Kier molecular flexibility index (Phi) is 6.11. The number of carboxylic acids is 2. The molecule has 7 heteroatoms. The number of urea groups is 1. The molecule has 7 nitrogen and oxygen atoms in total. The number of carbonyl (C=O) groups excluding carboxylic acids is 1. The van der Waals surface area contributed by atoms with E-state index < -0.39 is 24.0 Å². The molecule has 0 radical (unpaired) electrons. The number of carboxylic acid groups (broad SMARTS) is 2. The Bertz CT molecular complexity index is 337. The van der Waals surface area contributed by atoms with Crippen molar-refractivity contribution < 1.29 is 24.6 Å². The third-order valence-corrected chi connectivity index (χ3v) is 3.14. The predicted octanol–water partition coefficient (Wildman–Crippen LogP) is 0.890. The molecule has 1 aliphatic rings. The number of likely N-dealkylation sites (tertiary alicyclic amines) is 1. The molecule has 1 heterocycles. The molecule has 3 N–H and O–H groups in total. The summed E-state index contributed by atoms with van der Waals surface area (Å²) in [5.41, 5.74) is 0. The Hall–Kier alpha value is -1.79. The smallest absolute Gasteiger partial charge is 0.326 e. The second-order valence-corrected chi connectivity index (χ2v) is 4.67. The van der Waals surface area contributed by atoms with Gasteiger partial charge in [0, 0.05) is 19.5 Å². The van der Waals surface area contributed by atoms with E-state index in [0.717, 1.165) is 25.7 Å². The zero-order valence-corrected chi connectivity index (χ0v) is 10.8. The van der Waals surface area contributed by atoms with Crippen molar-refractivity contribution in [3.8, 4) is 0 Å². The third kappa shape index (κ3) is 5.58. The molecule has 2 amide bonds. The van der Waals surface area contributed by atoms with Crippen molar-refractivity contribution >= 4 is 18.0 Å². The van der Waals surface area contributed by atoms with E-state index in [-0.39, 0.29) is 12.8 Å². The molecule has 0 spiro atoms. The molecule has 1 rings (SSSR count). The highest BCUT2D eigenvalue weighted by Gasteiger charge is 2.24. The summed E-state index contributed by atoms with van der Waals surface area (Å²) in [6, 6.07) is -1.56. The Morgan fingerprint density at radius 3 is 2.11 bits per heavy atom. The summed E-state index contributed by atoms with van der Waals surface area (Å²) >= 11 is 0. The second-order valence-electron chi connectivity index (χ2n) is 4.67. The lowest BCUT2D eigenvalue weighted by Gasteiger charge is -2.23. The van der Waals surface area contributed by atoms with Crippen molar-refractivity contribution in [3.63, 3.8) is 0 Å². The van der Waals surface area contributed by atoms with Crippen molar-refractivity contribution in [2.24, 2.45) is 0 Å². The van der Waals surface area contributed by atoms with Gasteiger partial charge in [-0.05, 0) is 19.3 Å². The Morgan fingerprint density at radius 2 is 1.63 bits per heavy atom. The summed E-state index contributed by atoms with van der Waals surface area (Å²) in [6.45, 7) is 1.24. The van der Waals surface area contributed by atoms with Crippen LogP contribution in [0.2, 0.25) is 0 Å². The molecule has 1 atom stereocenters. The zero-order valence-electron chi connectivity index (χ0n) is 10.8. The summed E-state index contributed by atoms with van der Waals surface area (Å²) in [5, 5.41) is 19.9. The van der Waals surface area contributed by atoms with Crippen LogP contribution in [-0.2, 0) is 9.59 Å². The van der Waals surface area contributed by atoms with Gasteiger partial charge in [0.2, 0.25) is 0 Å². The van der Waals surface area contributed by atoms with E-state index in [4.69, 9.17) is 10.2 Å². The minimum atomic E-state index is -1.20. The highest BCUT2D eigenvalue weighted by Crippen LogP contribution is 2.10. The number of hydrogen-bond acceptors (Lipinski definition) is 3. The van der Waals surface area contributed by atoms with Gasteiger partial charge in [0.15, 0.2) is 0 Å². The molecule has 0 aromatic carbocycles. The maximum atomic E-state index is 11.9. The molecule has 1 fully saturated rings. The van der Waals surface area contributed by atoms with Gasteiger partial charge in [-0.3, -0.25) is 4.79 Å². The Labute approximate surface area is 111 Å². The quantitative estimate of drug-likeness (QED) is 0.689. The minimum absolute atomic E-state index is 0.107. The van der Waals surface area contributed by atoms with Crippen LogP contribution in [0.25, 0.3) is 0 Å². The van der Waals surface area contributed by atoms with Crippen LogP contribution < -0.4 is 5.32 Å². The summed E-state index contributed by atoms with van der Waals surface area (Å²) in [7, 11) is 0. The SMILES string of the molecule is O=C(O)CC[C@H](NC(=O)N1CCCCCC1)C(=O)O. The van der Waals surface area contributed by atoms with E-state index in [0.29, 0.717) is 13.1 Å². The van der Waals surface area contributed by atoms with Crippen LogP contribution in [0, 0.1) is 0 Å². The van der Waals surface area contributed by atoms with Crippen LogP contribution in [0.5, 0.6) is 0 Å². The van der Waals surface area contributed by atoms with E-state index in [1.54, 1.807) is 4.90 Å². The number of rotatable bonds is 5. The van der Waals surface area contributed by atoms with E-state index in [1.807, 2.05) is 0 Å². The molecule has 1 saturated heterocycles. The normalized spacial score (nSPS) is 17.4. The van der Waals surface area contributed by atoms with Gasteiger partial charge < -0.3 is 20.4 Å². The largest absolute Gasteiger partial charge is 0.481 e. The number of amides is 2. The summed E-state index contributed by atoms with van der Waals surface area (Å²) in [4.78, 5) is 34.9. The molecule has 0 aromatic rings. The molecule has 108 valence electrons. The molecule has 19 heavy (non-hydrogen) atoms. The van der Waals surface area contributed by atoms with Crippen molar-refractivity contribution in [2.75, 3.05) is 13.1 Å². The van der Waals surface area contributed by atoms with Crippen molar-refractivity contribution in [2.45, 2.75) is 44.6 Å². The summed E-state index contributed by atoms with van der Waals surface area (Å²) in [6.07, 6.45) is 3.60. The van der Waals surface area contributed by atoms with Crippen molar-refractivity contribution in [3.05, 3.63) is 0 Å². The highest BCUT2D eigenvalue weighted by molar-refractivity contribution is 5.83. The first-order valence-electron chi connectivity index (χ1n) is 6.50. The first-order valence-corrected chi connectivity index (χ1v) is 6.50. The van der Waals surface area contributed by atoms with Crippen LogP contribution in [0.15, 0.2) is 0 Å². The van der Waals surface area contributed by atoms with Crippen LogP contribution in [0.3, 0.4) is 0 Å². The standard InChI is InChI=1S/C12H20N2O5/c15-10(16)6-5-9(11(17)18)13-12(19)14-7-3-1-2-4-8-14/h9H,1-8H2,(H,13,19)(H,15,16)(H,17,18)/t9-/m0/s1. The predicted molar refractivity (Wildman–Crippen MR) is 66.9 cm³/mol. The third-order valence-electron chi connectivity index (χ3n) is 3.14. The topological polar surface area (TPSA) is 107 Å². The van der Waals surface area contributed by atoms with E-state index in [2.05, 4.69) is 5.32 Å². The van der Waals surface area contributed by atoms with E-state index >= 15 is 0 Å². The Morgan fingerprint density at radius 1 is 1.05 bits per heavy atom. The highest BCUT2D eigenvalue weighted by atomic mass is 16.4. The van der Waals surface area contributed by atoms with Gasteiger partial charge in [-0.15, -0.1) is 0 Å². The molecule has 0 unspecified atom stereocenters. The monoisotopic (exact) mass is 272 g/mol. The molecular formula is C12H20N2O5. The maximum Gasteiger partial charge on any atom is 0.326 e. The van der Waals surface area contributed by atoms with Gasteiger partial charge in [0.05, 0.1) is 0 Å². The number of aliphatic carboxylic acids is 2. The number of nitrogens with one attached hydrogen (secondary N) is 1. The average Bonchev–Trinajstić information content (AvgIpc) is 2.62. The van der Waals surface area contributed by atoms with Gasteiger partial charge in [0.1, 0.15) is 6.04 Å². The fraction of sp³-hybridized carbons (Fsp3) is 0.750. The lowest BCUT2D eigenvalue weighted by atomic mass is 10.1. The zero-order chi connectivity index (χ0) is 14.3. The molecule has 0 aliphatic carbocycles. The lowest BCUT2D eigenvalue weighted by molar-refractivity contribution is -0.140. The molecule has 1 aliphatic heterocycles. The molecule has 0 aromatic heterocycles. The minimum Gasteiger partial charge on any atom is -0.481 e. The van der Waals surface area contributed by atoms with E-state index in [1.165, 1.54) is 0 Å². The maximum absolute atomic E-state index is 11.9. The van der Waals surface area contributed by atoms with E-state index in [9.17, 15) is 14.4 Å². The van der Waals surface area contributed by atoms with Gasteiger partial charge in [-0.1, -0.05) is 12.8 Å². The molecule has 0 saturated carbocycles. The Balaban J connectivity index is 2.49. The molecule has 0 bridgehead atoms. The van der Waals surface area contributed by atoms with Gasteiger partial charge >= 0.3 is 18.0 Å². The summed E-state index contributed by atoms with van der Waals surface area (Å²) in [5.74, 6) is -2.28. The fourth-order valence-electron chi connectivity index (χ4n) is 2.04. The number of hydrogen-bond donors (Lipinski definition) is 3.